The molecule has 1 heterocycles. The Balaban J connectivity index is 1.59. The molecule has 1 fully saturated rings. The second-order valence-electron chi connectivity index (χ2n) is 7.48. The van der Waals surface area contributed by atoms with Crippen molar-refractivity contribution >= 4 is 39.2 Å². The van der Waals surface area contributed by atoms with Crippen molar-refractivity contribution in [3.8, 4) is 0 Å². The molecule has 170 valence electrons. The Bertz CT molecular complexity index is 1130. The molecule has 0 spiro atoms. The predicted molar refractivity (Wildman–Crippen MR) is 120 cm³/mol. The molecule has 1 aliphatic heterocycles. The number of carbonyl (C=O) groups is 3. The van der Waals surface area contributed by atoms with Crippen molar-refractivity contribution in [2.45, 2.75) is 24.8 Å². The highest BCUT2D eigenvalue weighted by Gasteiger charge is 2.32. The van der Waals surface area contributed by atoms with Crippen LogP contribution in [0.15, 0.2) is 53.4 Å². The van der Waals surface area contributed by atoms with Crippen molar-refractivity contribution in [2.24, 2.45) is 0 Å². The van der Waals surface area contributed by atoms with Gasteiger partial charge in [0.25, 0.3) is 5.91 Å². The Kier molecular flexibility index (Phi) is 7.33. The predicted octanol–water partition coefficient (Wildman–Crippen LogP) is 2.19. The molecule has 1 atom stereocenters. The molecule has 2 amide bonds. The highest BCUT2D eigenvalue weighted by atomic mass is 35.5. The van der Waals surface area contributed by atoms with E-state index >= 15 is 0 Å². The second-order valence-corrected chi connectivity index (χ2v) is 9.83. The maximum atomic E-state index is 12.9. The molecule has 8 nitrogen and oxygen atoms in total. The topological polar surface area (TPSA) is 104 Å². The van der Waals surface area contributed by atoms with Crippen molar-refractivity contribution in [1.82, 2.24) is 14.5 Å². The van der Waals surface area contributed by atoms with Gasteiger partial charge in [0.15, 0.2) is 5.78 Å². The lowest BCUT2D eigenvalue weighted by atomic mass is 10.2. The standard InChI is InChI=1S/C22H24ClN3O5S/c1-15(24-21(28)19-5-3-4-6-20(19)23)22(29)25-11-13-26(14-12-25)32(30,31)18-9-7-17(8-10-18)16(2)27/h3-10,15H,11-14H2,1-2H3,(H,24,28)/t15-/m0/s1. The van der Waals surface area contributed by atoms with Gasteiger partial charge in [-0.05, 0) is 38.1 Å². The maximum absolute atomic E-state index is 12.9. The third-order valence-corrected chi connectivity index (χ3v) is 7.53. The van der Waals surface area contributed by atoms with Crippen LogP contribution in [0.1, 0.15) is 34.6 Å². The summed E-state index contributed by atoms with van der Waals surface area (Å²) < 4.78 is 27.1. The van der Waals surface area contributed by atoms with Crippen molar-refractivity contribution < 1.29 is 22.8 Å². The van der Waals surface area contributed by atoms with Crippen LogP contribution < -0.4 is 5.32 Å². The van der Waals surface area contributed by atoms with Crippen molar-refractivity contribution in [3.63, 3.8) is 0 Å². The zero-order valence-corrected chi connectivity index (χ0v) is 19.3. The fourth-order valence-corrected chi connectivity index (χ4v) is 5.06. The van der Waals surface area contributed by atoms with Gasteiger partial charge in [0.05, 0.1) is 15.5 Å². The number of ketones is 1. The van der Waals surface area contributed by atoms with Crippen LogP contribution in [0.25, 0.3) is 0 Å². The number of amides is 2. The van der Waals surface area contributed by atoms with Crippen LogP contribution in [0.3, 0.4) is 0 Å². The van der Waals surface area contributed by atoms with E-state index in [1.165, 1.54) is 40.4 Å². The first-order valence-corrected chi connectivity index (χ1v) is 11.9. The van der Waals surface area contributed by atoms with Crippen molar-refractivity contribution in [2.75, 3.05) is 26.2 Å². The molecular weight excluding hydrogens is 454 g/mol. The number of nitrogens with zero attached hydrogens (tertiary/aromatic N) is 2. The molecule has 32 heavy (non-hydrogen) atoms. The van der Waals surface area contributed by atoms with Crippen LogP contribution in [0.5, 0.6) is 0 Å². The van der Waals surface area contributed by atoms with Crippen LogP contribution in [0.4, 0.5) is 0 Å². The van der Waals surface area contributed by atoms with E-state index in [0.717, 1.165) is 0 Å². The number of sulfonamides is 1. The molecule has 1 aliphatic rings. The van der Waals surface area contributed by atoms with Gasteiger partial charge in [0.1, 0.15) is 6.04 Å². The van der Waals surface area contributed by atoms with Gasteiger partial charge in [-0.15, -0.1) is 0 Å². The van der Waals surface area contributed by atoms with Crippen LogP contribution >= 0.6 is 11.6 Å². The Morgan fingerprint density at radius 3 is 2.12 bits per heavy atom. The summed E-state index contributed by atoms with van der Waals surface area (Å²) in [5.41, 5.74) is 0.715. The Labute approximate surface area is 192 Å². The minimum absolute atomic E-state index is 0.0997. The van der Waals surface area contributed by atoms with Gasteiger partial charge in [-0.25, -0.2) is 8.42 Å². The monoisotopic (exact) mass is 477 g/mol. The van der Waals surface area contributed by atoms with Crippen molar-refractivity contribution in [1.29, 1.82) is 0 Å². The zero-order valence-electron chi connectivity index (χ0n) is 17.7. The van der Waals surface area contributed by atoms with Gasteiger partial charge in [-0.3, -0.25) is 14.4 Å². The van der Waals surface area contributed by atoms with Gasteiger partial charge in [0, 0.05) is 31.7 Å². The maximum Gasteiger partial charge on any atom is 0.253 e. The van der Waals surface area contributed by atoms with Gasteiger partial charge < -0.3 is 10.2 Å². The summed E-state index contributed by atoms with van der Waals surface area (Å²) in [6.45, 7) is 3.67. The fraction of sp³-hybridized carbons (Fsp3) is 0.318. The number of nitrogens with one attached hydrogen (secondary N) is 1. The van der Waals surface area contributed by atoms with Crippen LogP contribution in [-0.4, -0.2) is 67.4 Å². The molecule has 0 aliphatic carbocycles. The Morgan fingerprint density at radius 1 is 0.969 bits per heavy atom. The van der Waals surface area contributed by atoms with E-state index in [1.54, 1.807) is 31.2 Å². The number of benzene rings is 2. The van der Waals surface area contributed by atoms with E-state index in [2.05, 4.69) is 5.32 Å². The molecule has 1 N–H and O–H groups in total. The lowest BCUT2D eigenvalue weighted by molar-refractivity contribution is -0.134. The number of hydrogen-bond donors (Lipinski definition) is 1. The number of piperazine rings is 1. The molecule has 0 saturated carbocycles. The van der Waals surface area contributed by atoms with E-state index in [9.17, 15) is 22.8 Å². The fourth-order valence-electron chi connectivity index (χ4n) is 3.41. The van der Waals surface area contributed by atoms with Gasteiger partial charge in [0.2, 0.25) is 15.9 Å². The third-order valence-electron chi connectivity index (χ3n) is 5.29. The van der Waals surface area contributed by atoms with Gasteiger partial charge in [-0.2, -0.15) is 4.31 Å². The first-order valence-electron chi connectivity index (χ1n) is 10.1. The highest BCUT2D eigenvalue weighted by molar-refractivity contribution is 7.89. The van der Waals surface area contributed by atoms with Gasteiger partial charge in [-0.1, -0.05) is 35.9 Å². The minimum atomic E-state index is -3.73. The molecule has 0 bridgehead atoms. The third kappa shape index (κ3) is 5.17. The first kappa shape index (κ1) is 23.9. The smallest absolute Gasteiger partial charge is 0.253 e. The van der Waals surface area contributed by atoms with E-state index in [0.29, 0.717) is 10.6 Å². The Morgan fingerprint density at radius 2 is 1.56 bits per heavy atom. The molecule has 3 rings (SSSR count). The summed E-state index contributed by atoms with van der Waals surface area (Å²) in [5, 5.41) is 2.93. The van der Waals surface area contributed by atoms with E-state index in [1.807, 2.05) is 0 Å². The number of halogens is 1. The van der Waals surface area contributed by atoms with Crippen LogP contribution in [-0.2, 0) is 14.8 Å². The zero-order chi connectivity index (χ0) is 23.5. The molecule has 1 saturated heterocycles. The normalized spacial score (nSPS) is 15.8. The average molecular weight is 478 g/mol. The molecule has 2 aromatic carbocycles. The molecule has 10 heteroatoms. The SMILES string of the molecule is CC(=O)c1ccc(S(=O)(=O)N2CCN(C(=O)[C@H](C)NC(=O)c3ccccc3Cl)CC2)cc1. The summed E-state index contributed by atoms with van der Waals surface area (Å²) in [4.78, 5) is 38.2. The van der Waals surface area contributed by atoms with Gasteiger partial charge >= 0.3 is 0 Å². The molecule has 2 aromatic rings. The molecular formula is C22H24ClN3O5S. The van der Waals surface area contributed by atoms with E-state index < -0.39 is 22.0 Å². The summed E-state index contributed by atoms with van der Waals surface area (Å²) in [7, 11) is -3.73. The van der Waals surface area contributed by atoms with E-state index in [4.69, 9.17) is 11.6 Å². The van der Waals surface area contributed by atoms with Crippen LogP contribution in [0.2, 0.25) is 5.02 Å². The summed E-state index contributed by atoms with van der Waals surface area (Å²) in [6, 6.07) is 11.6. The summed E-state index contributed by atoms with van der Waals surface area (Å²) in [6.07, 6.45) is 0. The van der Waals surface area contributed by atoms with E-state index in [-0.39, 0.29) is 48.3 Å². The number of Topliss-reactive ketones (excluding diaryl/α,β-unsaturated/α-hetero) is 1. The largest absolute Gasteiger partial charge is 0.340 e. The number of hydrogen-bond acceptors (Lipinski definition) is 5. The second kappa shape index (κ2) is 9.81. The molecule has 0 radical (unpaired) electrons. The minimum Gasteiger partial charge on any atom is -0.340 e. The lowest BCUT2D eigenvalue weighted by Gasteiger charge is -2.35. The number of rotatable bonds is 6. The average Bonchev–Trinajstić information content (AvgIpc) is 2.78. The quantitative estimate of drug-likeness (QED) is 0.642. The molecule has 0 aromatic heterocycles. The van der Waals surface area contributed by atoms with Crippen LogP contribution in [0, 0.1) is 0 Å². The molecule has 0 unspecified atom stereocenters. The first-order chi connectivity index (χ1) is 15.1. The van der Waals surface area contributed by atoms with Crippen molar-refractivity contribution in [3.05, 3.63) is 64.7 Å². The number of carbonyl (C=O) groups excluding carboxylic acids is 3. The summed E-state index contributed by atoms with van der Waals surface area (Å²) >= 11 is 6.03. The Hall–Kier alpha value is -2.75. The highest BCUT2D eigenvalue weighted by Crippen LogP contribution is 2.19. The summed E-state index contributed by atoms with van der Waals surface area (Å²) in [5.74, 6) is -0.892. The lowest BCUT2D eigenvalue weighted by Crippen LogP contribution is -2.55.